The topological polar surface area (TPSA) is 26.9 Å². The summed E-state index contributed by atoms with van der Waals surface area (Å²) in [7, 11) is 0. The minimum Gasteiger partial charge on any atom is -0.617 e. The third kappa shape index (κ3) is 1.26. The van der Waals surface area contributed by atoms with E-state index >= 15 is 0 Å². The number of rotatable bonds is 0. The highest BCUT2D eigenvalue weighted by Gasteiger charge is 2.03. The molecule has 0 spiro atoms. The fourth-order valence-electron chi connectivity index (χ4n) is 0.399. The summed E-state index contributed by atoms with van der Waals surface area (Å²) in [5.74, 6) is 0. The highest BCUT2D eigenvalue weighted by Crippen LogP contribution is 2.04. The second-order valence-electron chi connectivity index (χ2n) is 1.39. The number of aromatic nitrogens is 1. The Labute approximate surface area is 62.2 Å². The predicted octanol–water partition coefficient (Wildman–Crippen LogP) is 1.43. The number of nitrogens with zero attached hydrogens (tertiary/aromatic N) is 1. The lowest BCUT2D eigenvalue weighted by Gasteiger charge is -1.96. The van der Waals surface area contributed by atoms with Crippen LogP contribution in [0.25, 0.3) is 0 Å². The van der Waals surface area contributed by atoms with Gasteiger partial charge in [-0.25, -0.2) is 0 Å². The van der Waals surface area contributed by atoms with Crippen LogP contribution >= 0.6 is 23.2 Å². The SMILES string of the molecule is [O-][n+]1c(Cl)[c]ccc1Cl. The highest BCUT2D eigenvalue weighted by molar-refractivity contribution is 6.30. The maximum absolute atomic E-state index is 10.6. The highest BCUT2D eigenvalue weighted by atomic mass is 35.5. The molecule has 0 saturated carbocycles. The van der Waals surface area contributed by atoms with Gasteiger partial charge in [0.05, 0.1) is 6.07 Å². The second kappa shape index (κ2) is 2.42. The Bertz CT molecular complexity index is 206. The zero-order valence-electron chi connectivity index (χ0n) is 4.27. The van der Waals surface area contributed by atoms with Crippen molar-refractivity contribution in [2.75, 3.05) is 0 Å². The molecule has 0 N–H and O–H groups in total. The van der Waals surface area contributed by atoms with Gasteiger partial charge in [-0.2, -0.15) is 0 Å². The van der Waals surface area contributed by atoms with Crippen LogP contribution in [-0.2, 0) is 0 Å². The molecule has 9 heavy (non-hydrogen) atoms. The summed E-state index contributed by atoms with van der Waals surface area (Å²) >= 11 is 10.7. The first kappa shape index (κ1) is 6.65. The van der Waals surface area contributed by atoms with Crippen molar-refractivity contribution in [2.45, 2.75) is 0 Å². The lowest BCUT2D eigenvalue weighted by molar-refractivity contribution is -0.600. The average molecular weight is 163 g/mol. The number of pyridine rings is 1. The Morgan fingerprint density at radius 1 is 1.56 bits per heavy atom. The minimum atomic E-state index is -0.0394. The quantitative estimate of drug-likeness (QED) is 0.322. The average Bonchev–Trinajstić information content (AvgIpc) is 1.83. The van der Waals surface area contributed by atoms with E-state index in [0.29, 0.717) is 4.73 Å². The fraction of sp³-hybridized carbons (Fsp3) is 0. The summed E-state index contributed by atoms with van der Waals surface area (Å²) in [5.41, 5.74) is 0. The Kier molecular flexibility index (Phi) is 1.78. The normalized spacial score (nSPS) is 9.56. The van der Waals surface area contributed by atoms with Crippen molar-refractivity contribution in [3.63, 3.8) is 0 Å². The third-order valence-electron chi connectivity index (χ3n) is 0.796. The molecular formula is C5H2Cl2NO. The summed E-state index contributed by atoms with van der Waals surface area (Å²) in [6.07, 6.45) is 0. The number of halogens is 2. The van der Waals surface area contributed by atoms with Crippen LogP contribution in [0.1, 0.15) is 0 Å². The molecule has 0 aliphatic carbocycles. The van der Waals surface area contributed by atoms with Gasteiger partial charge in [-0.05, 0) is 29.3 Å². The fourth-order valence-corrected chi connectivity index (χ4v) is 0.744. The van der Waals surface area contributed by atoms with Crippen LogP contribution in [0.3, 0.4) is 0 Å². The molecule has 0 bridgehead atoms. The number of hydrogen-bond donors (Lipinski definition) is 0. The first-order valence-electron chi connectivity index (χ1n) is 2.17. The molecule has 0 saturated heterocycles. The summed E-state index contributed by atoms with van der Waals surface area (Å²) in [4.78, 5) is 0. The largest absolute Gasteiger partial charge is 0.617 e. The van der Waals surface area contributed by atoms with Crippen LogP contribution in [0.15, 0.2) is 12.1 Å². The molecule has 4 heteroatoms. The van der Waals surface area contributed by atoms with Crippen LogP contribution in [0, 0.1) is 11.3 Å². The third-order valence-corrected chi connectivity index (χ3v) is 1.34. The molecule has 0 fully saturated rings. The van der Waals surface area contributed by atoms with Crippen molar-refractivity contribution in [2.24, 2.45) is 0 Å². The Balaban J connectivity index is 3.25. The molecule has 0 aliphatic heterocycles. The van der Waals surface area contributed by atoms with Gasteiger partial charge in [0.1, 0.15) is 0 Å². The van der Waals surface area contributed by atoms with Gasteiger partial charge in [0.15, 0.2) is 0 Å². The van der Waals surface area contributed by atoms with Crippen molar-refractivity contribution in [1.29, 1.82) is 0 Å². The van der Waals surface area contributed by atoms with Crippen LogP contribution in [0.5, 0.6) is 0 Å². The van der Waals surface area contributed by atoms with Crippen molar-refractivity contribution in [3.05, 3.63) is 33.7 Å². The predicted molar refractivity (Wildman–Crippen MR) is 34.3 cm³/mol. The van der Waals surface area contributed by atoms with E-state index in [1.807, 2.05) is 0 Å². The van der Waals surface area contributed by atoms with Gasteiger partial charge in [-0.15, -0.1) is 4.73 Å². The summed E-state index contributed by atoms with van der Waals surface area (Å²) in [6.45, 7) is 0. The standard InChI is InChI=1S/C5H2Cl2NO/c6-4-2-1-3-5(7)8(4)9/h1-2H. The van der Waals surface area contributed by atoms with E-state index in [4.69, 9.17) is 23.2 Å². The maximum atomic E-state index is 10.6. The molecule has 2 nitrogen and oxygen atoms in total. The molecule has 0 aromatic carbocycles. The lowest BCUT2D eigenvalue weighted by atomic mass is 10.5. The van der Waals surface area contributed by atoms with Gasteiger partial charge in [0.2, 0.25) is 0 Å². The van der Waals surface area contributed by atoms with E-state index in [1.54, 1.807) is 0 Å². The summed E-state index contributed by atoms with van der Waals surface area (Å²) in [5, 5.41) is 10.6. The van der Waals surface area contributed by atoms with Crippen molar-refractivity contribution in [3.8, 4) is 0 Å². The second-order valence-corrected chi connectivity index (χ2v) is 2.13. The zero-order chi connectivity index (χ0) is 6.85. The molecule has 0 amide bonds. The molecule has 1 radical (unpaired) electrons. The van der Waals surface area contributed by atoms with Gasteiger partial charge in [-0.1, -0.05) is 0 Å². The lowest BCUT2D eigenvalue weighted by Crippen LogP contribution is -2.28. The molecule has 1 aromatic heterocycles. The van der Waals surface area contributed by atoms with Crippen LogP contribution in [0.4, 0.5) is 0 Å². The first-order valence-corrected chi connectivity index (χ1v) is 2.92. The van der Waals surface area contributed by atoms with E-state index < -0.39 is 0 Å². The van der Waals surface area contributed by atoms with E-state index in [9.17, 15) is 5.21 Å². The van der Waals surface area contributed by atoms with E-state index in [1.165, 1.54) is 12.1 Å². The van der Waals surface area contributed by atoms with Crippen LogP contribution in [0.2, 0.25) is 10.3 Å². The summed E-state index contributed by atoms with van der Waals surface area (Å²) < 4.78 is 0.392. The van der Waals surface area contributed by atoms with Crippen molar-refractivity contribution in [1.82, 2.24) is 0 Å². The number of hydrogen-bond acceptors (Lipinski definition) is 1. The van der Waals surface area contributed by atoms with E-state index in [2.05, 4.69) is 6.07 Å². The van der Waals surface area contributed by atoms with Crippen LogP contribution in [-0.4, -0.2) is 0 Å². The van der Waals surface area contributed by atoms with Gasteiger partial charge >= 0.3 is 0 Å². The minimum absolute atomic E-state index is 0.0394. The Morgan fingerprint density at radius 2 is 2.22 bits per heavy atom. The smallest absolute Gasteiger partial charge is 0.295 e. The molecule has 1 heterocycles. The zero-order valence-corrected chi connectivity index (χ0v) is 5.78. The van der Waals surface area contributed by atoms with Crippen molar-refractivity contribution >= 4 is 23.2 Å². The molecule has 0 atom stereocenters. The van der Waals surface area contributed by atoms with E-state index in [0.717, 1.165) is 0 Å². The molecule has 1 aromatic rings. The van der Waals surface area contributed by atoms with Gasteiger partial charge in [0, 0.05) is 6.07 Å². The Morgan fingerprint density at radius 3 is 2.67 bits per heavy atom. The monoisotopic (exact) mass is 162 g/mol. The maximum Gasteiger partial charge on any atom is 0.295 e. The summed E-state index contributed by atoms with van der Waals surface area (Å²) in [6, 6.07) is 5.37. The van der Waals surface area contributed by atoms with Gasteiger partial charge in [0.25, 0.3) is 10.3 Å². The van der Waals surface area contributed by atoms with E-state index in [-0.39, 0.29) is 10.3 Å². The molecular weight excluding hydrogens is 161 g/mol. The molecule has 0 unspecified atom stereocenters. The van der Waals surface area contributed by atoms with Gasteiger partial charge in [-0.3, -0.25) is 0 Å². The Hall–Kier alpha value is -0.470. The first-order chi connectivity index (χ1) is 4.22. The molecule has 1 rings (SSSR count). The molecule has 0 aliphatic rings. The van der Waals surface area contributed by atoms with Crippen molar-refractivity contribution < 1.29 is 4.73 Å². The molecule has 47 valence electrons. The van der Waals surface area contributed by atoms with Crippen LogP contribution < -0.4 is 4.73 Å². The van der Waals surface area contributed by atoms with Gasteiger partial charge < -0.3 is 5.21 Å².